The Bertz CT molecular complexity index is 849. The van der Waals surface area contributed by atoms with Crippen molar-refractivity contribution >= 4 is 6.08 Å². The number of hydrogen-bond donors (Lipinski definition) is 0. The molecular formula is C32H42. The Morgan fingerprint density at radius 3 is 1.88 bits per heavy atom. The highest BCUT2D eigenvalue weighted by atomic mass is 14.3. The van der Waals surface area contributed by atoms with Crippen LogP contribution in [0.15, 0.2) is 54.6 Å². The van der Waals surface area contributed by atoms with Crippen molar-refractivity contribution in [2.75, 3.05) is 0 Å². The highest BCUT2D eigenvalue weighted by Crippen LogP contribution is 2.34. The van der Waals surface area contributed by atoms with Gasteiger partial charge >= 0.3 is 0 Å². The summed E-state index contributed by atoms with van der Waals surface area (Å²) in [5.74, 6) is 8.60. The van der Waals surface area contributed by atoms with Gasteiger partial charge in [-0.3, -0.25) is 0 Å². The van der Waals surface area contributed by atoms with Crippen LogP contribution in [0.3, 0.4) is 0 Å². The Kier molecular flexibility index (Phi) is 10.7. The fourth-order valence-corrected chi connectivity index (χ4v) is 4.79. The molecule has 0 amide bonds. The fourth-order valence-electron chi connectivity index (χ4n) is 4.79. The Morgan fingerprint density at radius 1 is 0.719 bits per heavy atom. The third-order valence-corrected chi connectivity index (χ3v) is 7.02. The molecule has 0 radical (unpaired) electrons. The average Bonchev–Trinajstić information content (AvgIpc) is 2.85. The molecule has 1 aliphatic carbocycles. The van der Waals surface area contributed by atoms with E-state index in [9.17, 15) is 0 Å². The third-order valence-electron chi connectivity index (χ3n) is 7.02. The van der Waals surface area contributed by atoms with E-state index in [0.717, 1.165) is 29.4 Å². The first-order chi connectivity index (χ1) is 15.8. The fraction of sp³-hybridized carbons (Fsp3) is 0.500. The van der Waals surface area contributed by atoms with Gasteiger partial charge in [-0.1, -0.05) is 120 Å². The van der Waals surface area contributed by atoms with Crippen molar-refractivity contribution in [3.8, 4) is 11.8 Å². The summed E-state index contributed by atoms with van der Waals surface area (Å²) < 4.78 is 0. The zero-order valence-corrected chi connectivity index (χ0v) is 20.4. The summed E-state index contributed by atoms with van der Waals surface area (Å²) >= 11 is 0. The predicted octanol–water partition coefficient (Wildman–Crippen LogP) is 9.22. The van der Waals surface area contributed by atoms with Crippen LogP contribution in [-0.4, -0.2) is 0 Å². The monoisotopic (exact) mass is 426 g/mol. The number of unbranched alkanes of at least 4 members (excludes halogenated alkanes) is 3. The lowest BCUT2D eigenvalue weighted by molar-refractivity contribution is 0.250. The molecule has 0 atom stereocenters. The molecule has 0 bridgehead atoms. The van der Waals surface area contributed by atoms with Gasteiger partial charge in [0.1, 0.15) is 0 Å². The van der Waals surface area contributed by atoms with E-state index in [1.54, 1.807) is 0 Å². The van der Waals surface area contributed by atoms with Crippen LogP contribution in [0, 0.1) is 23.7 Å². The van der Waals surface area contributed by atoms with Crippen LogP contribution in [0.4, 0.5) is 0 Å². The maximum absolute atomic E-state index is 3.33. The summed E-state index contributed by atoms with van der Waals surface area (Å²) in [6, 6.07) is 17.5. The molecule has 0 heterocycles. The van der Waals surface area contributed by atoms with E-state index in [1.165, 1.54) is 81.8 Å². The van der Waals surface area contributed by atoms with Gasteiger partial charge in [0.2, 0.25) is 0 Å². The van der Waals surface area contributed by atoms with Gasteiger partial charge in [0.25, 0.3) is 0 Å². The molecule has 0 saturated heterocycles. The van der Waals surface area contributed by atoms with Gasteiger partial charge in [-0.05, 0) is 66.5 Å². The zero-order valence-electron chi connectivity index (χ0n) is 20.4. The van der Waals surface area contributed by atoms with Gasteiger partial charge in [-0.15, -0.1) is 0 Å². The molecule has 1 saturated carbocycles. The highest BCUT2D eigenvalue weighted by Gasteiger charge is 2.20. The minimum absolute atomic E-state index is 0.941. The van der Waals surface area contributed by atoms with Crippen LogP contribution >= 0.6 is 0 Å². The van der Waals surface area contributed by atoms with Gasteiger partial charge < -0.3 is 0 Å². The first kappa shape index (κ1) is 24.4. The summed E-state index contributed by atoms with van der Waals surface area (Å²) in [5, 5.41) is 0. The smallest absolute Gasteiger partial charge is 0.0249 e. The van der Waals surface area contributed by atoms with Gasteiger partial charge in [0.05, 0.1) is 0 Å². The van der Waals surface area contributed by atoms with E-state index in [1.807, 2.05) is 0 Å². The molecule has 0 aromatic heterocycles. The summed E-state index contributed by atoms with van der Waals surface area (Å²) in [6.45, 7) is 4.54. The Morgan fingerprint density at radius 2 is 1.28 bits per heavy atom. The van der Waals surface area contributed by atoms with Crippen molar-refractivity contribution in [1.82, 2.24) is 0 Å². The molecule has 170 valence electrons. The van der Waals surface area contributed by atoms with Crippen molar-refractivity contribution in [3.05, 3.63) is 76.9 Å². The minimum Gasteiger partial charge on any atom is -0.0839 e. The van der Waals surface area contributed by atoms with Crippen molar-refractivity contribution in [2.24, 2.45) is 11.8 Å². The van der Waals surface area contributed by atoms with Gasteiger partial charge in [-0.2, -0.15) is 0 Å². The van der Waals surface area contributed by atoms with Gasteiger partial charge in [-0.25, -0.2) is 0 Å². The molecule has 1 aliphatic rings. The van der Waals surface area contributed by atoms with Gasteiger partial charge in [0, 0.05) is 11.1 Å². The molecular weight excluding hydrogens is 384 g/mol. The van der Waals surface area contributed by atoms with Gasteiger partial charge in [0.15, 0.2) is 0 Å². The quantitative estimate of drug-likeness (QED) is 0.262. The normalized spacial score (nSPS) is 18.4. The lowest BCUT2D eigenvalue weighted by Gasteiger charge is -2.28. The van der Waals surface area contributed by atoms with Crippen LogP contribution in [0.2, 0.25) is 0 Å². The summed E-state index contributed by atoms with van der Waals surface area (Å²) in [5.41, 5.74) is 4.90. The standard InChI is InChI=1S/C32H42/c1-3-5-7-8-10-28-13-17-30(18-14-28)20-22-32-25-23-31(24-26-32)21-19-29-15-11-27(12-16-29)9-6-4-2/h8,10,13-14,17-18,23-27,29H,3-7,9,11-12,15-16,19,21H2,1-2H3/b10-8+. The van der Waals surface area contributed by atoms with E-state index in [2.05, 4.69) is 86.4 Å². The van der Waals surface area contributed by atoms with Crippen LogP contribution in [0.1, 0.15) is 107 Å². The second-order valence-electron chi connectivity index (χ2n) is 9.68. The SMILES string of the molecule is CCCC/C=C/c1ccc(C#Cc2ccc(CCC3CCC(CCCC)CC3)cc2)cc1. The topological polar surface area (TPSA) is 0 Å². The molecule has 0 unspecified atom stereocenters. The molecule has 2 aromatic rings. The molecule has 3 rings (SSSR count). The maximum Gasteiger partial charge on any atom is 0.0249 e. The molecule has 32 heavy (non-hydrogen) atoms. The first-order valence-electron chi connectivity index (χ1n) is 13.1. The maximum atomic E-state index is 3.33. The van der Waals surface area contributed by atoms with E-state index in [0.29, 0.717) is 0 Å². The van der Waals surface area contributed by atoms with Crippen LogP contribution in [0.25, 0.3) is 6.08 Å². The van der Waals surface area contributed by atoms with Crippen molar-refractivity contribution < 1.29 is 0 Å². The van der Waals surface area contributed by atoms with Crippen LogP contribution in [0.5, 0.6) is 0 Å². The number of rotatable bonds is 10. The molecule has 0 N–H and O–H groups in total. The van der Waals surface area contributed by atoms with E-state index < -0.39 is 0 Å². The number of aryl methyl sites for hydroxylation is 1. The van der Waals surface area contributed by atoms with Crippen molar-refractivity contribution in [1.29, 1.82) is 0 Å². The van der Waals surface area contributed by atoms with Crippen molar-refractivity contribution in [3.63, 3.8) is 0 Å². The Labute approximate surface area is 197 Å². The van der Waals surface area contributed by atoms with E-state index in [4.69, 9.17) is 0 Å². The van der Waals surface area contributed by atoms with E-state index >= 15 is 0 Å². The molecule has 0 aliphatic heterocycles. The third kappa shape index (κ3) is 8.70. The molecule has 1 fully saturated rings. The predicted molar refractivity (Wildman–Crippen MR) is 141 cm³/mol. The molecule has 2 aromatic carbocycles. The van der Waals surface area contributed by atoms with Crippen LogP contribution in [-0.2, 0) is 6.42 Å². The Hall–Kier alpha value is -2.26. The summed E-state index contributed by atoms with van der Waals surface area (Å²) in [4.78, 5) is 0. The lowest BCUT2D eigenvalue weighted by atomic mass is 9.78. The molecule has 0 nitrogen and oxygen atoms in total. The lowest BCUT2D eigenvalue weighted by Crippen LogP contribution is -2.15. The number of benzene rings is 2. The van der Waals surface area contributed by atoms with Crippen LogP contribution < -0.4 is 0 Å². The second-order valence-corrected chi connectivity index (χ2v) is 9.68. The first-order valence-corrected chi connectivity index (χ1v) is 13.1. The second kappa shape index (κ2) is 14.0. The zero-order chi connectivity index (χ0) is 22.4. The summed E-state index contributed by atoms with van der Waals surface area (Å²) in [6.07, 6.45) is 20.8. The number of hydrogen-bond acceptors (Lipinski definition) is 0. The van der Waals surface area contributed by atoms with E-state index in [-0.39, 0.29) is 0 Å². The largest absolute Gasteiger partial charge is 0.0839 e. The molecule has 0 heteroatoms. The minimum atomic E-state index is 0.941. The summed E-state index contributed by atoms with van der Waals surface area (Å²) in [7, 11) is 0. The average molecular weight is 427 g/mol. The Balaban J connectivity index is 1.42. The molecule has 0 spiro atoms. The highest BCUT2D eigenvalue weighted by molar-refractivity contribution is 5.52. The number of allylic oxidation sites excluding steroid dienone is 1. The van der Waals surface area contributed by atoms with Crippen molar-refractivity contribution in [2.45, 2.75) is 90.9 Å².